The smallest absolute Gasteiger partial charge is 0.411 e. The van der Waals surface area contributed by atoms with Crippen LogP contribution in [0.4, 0.5) is 4.79 Å². The van der Waals surface area contributed by atoms with E-state index in [-0.39, 0.29) is 18.6 Å². The molecule has 1 aliphatic carbocycles. The van der Waals surface area contributed by atoms with E-state index >= 15 is 0 Å². The zero-order valence-corrected chi connectivity index (χ0v) is 20.6. The van der Waals surface area contributed by atoms with E-state index in [4.69, 9.17) is 4.74 Å². The molecule has 5 rings (SSSR count). The zero-order chi connectivity index (χ0) is 24.9. The lowest BCUT2D eigenvalue weighted by molar-refractivity contribution is 0.0941. The van der Waals surface area contributed by atoms with Gasteiger partial charge < -0.3 is 4.74 Å². The second-order valence-corrected chi connectivity index (χ2v) is 9.04. The summed E-state index contributed by atoms with van der Waals surface area (Å²) in [5.41, 5.74) is 7.89. The number of rotatable bonds is 5. The van der Waals surface area contributed by atoms with Crippen LogP contribution in [0.1, 0.15) is 46.7 Å². The molecule has 0 heterocycles. The van der Waals surface area contributed by atoms with Crippen LogP contribution in [0.2, 0.25) is 0 Å². The molecule has 178 valence electrons. The maximum absolute atomic E-state index is 13.5. The van der Waals surface area contributed by atoms with Gasteiger partial charge in [0.05, 0.1) is 0 Å². The molecule has 4 aromatic carbocycles. The topological polar surface area (TPSA) is 29.5 Å². The van der Waals surface area contributed by atoms with Crippen molar-refractivity contribution < 1.29 is 9.53 Å². The Kier molecular flexibility index (Phi) is 6.87. The summed E-state index contributed by atoms with van der Waals surface area (Å²) in [6.45, 7) is 4.79. The Bertz CT molecular complexity index is 1370. The Morgan fingerprint density at radius 2 is 1.42 bits per heavy atom. The molecule has 3 heteroatoms. The first-order valence-corrected chi connectivity index (χ1v) is 12.4. The second-order valence-electron chi connectivity index (χ2n) is 9.04. The van der Waals surface area contributed by atoms with Gasteiger partial charge in [-0.1, -0.05) is 108 Å². The number of carbonyl (C=O) groups excluding carboxylic acids is 1. The summed E-state index contributed by atoms with van der Waals surface area (Å²) < 4.78 is 5.99. The maximum atomic E-state index is 13.5. The first-order valence-electron chi connectivity index (χ1n) is 12.4. The van der Waals surface area contributed by atoms with E-state index in [1.807, 2.05) is 61.5 Å². The molecule has 1 amide bonds. The summed E-state index contributed by atoms with van der Waals surface area (Å²) in [6, 6.07) is 34.4. The molecular formula is C33H29NO2. The molecule has 0 saturated heterocycles. The molecule has 0 bridgehead atoms. The molecule has 4 aromatic rings. The highest BCUT2D eigenvalue weighted by atomic mass is 16.6. The van der Waals surface area contributed by atoms with Crippen molar-refractivity contribution in [1.82, 2.24) is 4.90 Å². The fourth-order valence-electron chi connectivity index (χ4n) is 4.86. The first-order chi connectivity index (χ1) is 17.7. The van der Waals surface area contributed by atoms with Crippen molar-refractivity contribution in [1.29, 1.82) is 0 Å². The van der Waals surface area contributed by atoms with Crippen LogP contribution in [-0.4, -0.2) is 24.1 Å². The van der Waals surface area contributed by atoms with E-state index in [0.29, 0.717) is 6.54 Å². The largest absolute Gasteiger partial charge is 0.448 e. The predicted molar refractivity (Wildman–Crippen MR) is 145 cm³/mol. The first kappa shape index (κ1) is 23.5. The number of hydrogen-bond acceptors (Lipinski definition) is 2. The van der Waals surface area contributed by atoms with Gasteiger partial charge in [0.15, 0.2) is 0 Å². The van der Waals surface area contributed by atoms with Crippen molar-refractivity contribution in [2.24, 2.45) is 0 Å². The molecular weight excluding hydrogens is 442 g/mol. The normalized spacial score (nSPS) is 12.6. The molecule has 0 fully saturated rings. The third-order valence-electron chi connectivity index (χ3n) is 6.74. The number of benzene rings is 4. The number of hydrogen-bond donors (Lipinski definition) is 0. The fraction of sp³-hybridized carbons (Fsp3) is 0.182. The van der Waals surface area contributed by atoms with Gasteiger partial charge in [0.25, 0.3) is 0 Å². The van der Waals surface area contributed by atoms with E-state index in [9.17, 15) is 4.79 Å². The fourth-order valence-corrected chi connectivity index (χ4v) is 4.86. The third-order valence-corrected chi connectivity index (χ3v) is 6.74. The SMILES string of the molecule is CCN(C(=O)OCC1c2ccccc2-c2ccccc21)C(C#Cc1ccccc1)c1ccc(C)cc1. The maximum Gasteiger partial charge on any atom is 0.411 e. The standard InChI is InChI=1S/C33H29NO2/c1-3-34(32(26-20-17-24(2)18-21-26)22-19-25-11-5-4-6-12-25)33(35)36-23-31-29-15-9-7-13-27(29)28-14-8-10-16-30(28)31/h4-18,20-21,31-32H,3,23H2,1-2H3. The number of aryl methyl sites for hydroxylation is 1. The molecule has 0 aromatic heterocycles. The Morgan fingerprint density at radius 1 is 0.833 bits per heavy atom. The van der Waals surface area contributed by atoms with Crippen LogP contribution in [0, 0.1) is 18.8 Å². The van der Waals surface area contributed by atoms with Crippen LogP contribution < -0.4 is 0 Å². The van der Waals surface area contributed by atoms with Crippen molar-refractivity contribution >= 4 is 6.09 Å². The minimum atomic E-state index is -0.411. The van der Waals surface area contributed by atoms with E-state index in [2.05, 4.69) is 67.3 Å². The van der Waals surface area contributed by atoms with E-state index in [0.717, 1.165) is 16.7 Å². The molecule has 0 radical (unpaired) electrons. The molecule has 1 unspecified atom stereocenters. The van der Waals surface area contributed by atoms with Gasteiger partial charge in [0, 0.05) is 18.0 Å². The summed E-state index contributed by atoms with van der Waals surface area (Å²) in [5, 5.41) is 0. The molecule has 36 heavy (non-hydrogen) atoms. The Labute approximate surface area is 213 Å². The lowest BCUT2D eigenvalue weighted by Crippen LogP contribution is -2.35. The Hall–Kier alpha value is -4.29. The highest BCUT2D eigenvalue weighted by Crippen LogP contribution is 2.44. The summed E-state index contributed by atoms with van der Waals surface area (Å²) >= 11 is 0. The number of carbonyl (C=O) groups is 1. The van der Waals surface area contributed by atoms with E-state index in [1.165, 1.54) is 22.3 Å². The molecule has 0 spiro atoms. The average molecular weight is 472 g/mol. The van der Waals surface area contributed by atoms with Crippen molar-refractivity contribution in [3.05, 3.63) is 131 Å². The van der Waals surface area contributed by atoms with Crippen molar-refractivity contribution in [3.8, 4) is 23.0 Å². The van der Waals surface area contributed by atoms with Crippen LogP contribution in [0.25, 0.3) is 11.1 Å². The quantitative estimate of drug-likeness (QED) is 0.285. The highest BCUT2D eigenvalue weighted by molar-refractivity contribution is 5.79. The number of fused-ring (bicyclic) bond motifs is 3. The number of nitrogens with zero attached hydrogens (tertiary/aromatic N) is 1. The molecule has 1 aliphatic rings. The third kappa shape index (κ3) is 4.76. The van der Waals surface area contributed by atoms with Crippen LogP contribution in [0.3, 0.4) is 0 Å². The summed E-state index contributed by atoms with van der Waals surface area (Å²) in [5.74, 6) is 6.61. The predicted octanol–water partition coefficient (Wildman–Crippen LogP) is 7.36. The van der Waals surface area contributed by atoms with Crippen molar-refractivity contribution in [2.45, 2.75) is 25.8 Å². The minimum absolute atomic E-state index is 0.0216. The monoisotopic (exact) mass is 471 g/mol. The Morgan fingerprint density at radius 3 is 2.03 bits per heavy atom. The molecule has 0 aliphatic heterocycles. The Balaban J connectivity index is 1.40. The van der Waals surface area contributed by atoms with Crippen LogP contribution >= 0.6 is 0 Å². The summed E-state index contributed by atoms with van der Waals surface area (Å²) in [4.78, 5) is 15.2. The zero-order valence-electron chi connectivity index (χ0n) is 20.6. The summed E-state index contributed by atoms with van der Waals surface area (Å²) in [6.07, 6.45) is -0.354. The number of ether oxygens (including phenoxy) is 1. The van der Waals surface area contributed by atoms with E-state index < -0.39 is 6.04 Å². The van der Waals surface area contributed by atoms with Gasteiger partial charge in [0.2, 0.25) is 0 Å². The minimum Gasteiger partial charge on any atom is -0.448 e. The van der Waals surface area contributed by atoms with Gasteiger partial charge in [0.1, 0.15) is 12.6 Å². The van der Waals surface area contributed by atoms with Crippen LogP contribution in [-0.2, 0) is 4.74 Å². The lowest BCUT2D eigenvalue weighted by Gasteiger charge is -2.27. The highest BCUT2D eigenvalue weighted by Gasteiger charge is 2.30. The van der Waals surface area contributed by atoms with Crippen molar-refractivity contribution in [3.63, 3.8) is 0 Å². The van der Waals surface area contributed by atoms with Gasteiger partial charge in [-0.3, -0.25) is 4.90 Å². The lowest BCUT2D eigenvalue weighted by atomic mass is 9.98. The summed E-state index contributed by atoms with van der Waals surface area (Å²) in [7, 11) is 0. The molecule has 3 nitrogen and oxygen atoms in total. The molecule has 1 atom stereocenters. The van der Waals surface area contributed by atoms with Crippen LogP contribution in [0.5, 0.6) is 0 Å². The number of amides is 1. The molecule has 0 N–H and O–H groups in total. The second kappa shape index (κ2) is 10.5. The van der Waals surface area contributed by atoms with Gasteiger partial charge in [-0.05, 0) is 53.8 Å². The van der Waals surface area contributed by atoms with Gasteiger partial charge in [-0.15, -0.1) is 0 Å². The van der Waals surface area contributed by atoms with E-state index in [1.54, 1.807) is 4.90 Å². The van der Waals surface area contributed by atoms with Crippen molar-refractivity contribution in [2.75, 3.05) is 13.2 Å². The van der Waals surface area contributed by atoms with Gasteiger partial charge in [-0.25, -0.2) is 4.79 Å². The van der Waals surface area contributed by atoms with Gasteiger partial charge >= 0.3 is 6.09 Å². The average Bonchev–Trinajstić information content (AvgIpc) is 3.24. The van der Waals surface area contributed by atoms with Gasteiger partial charge in [-0.2, -0.15) is 0 Å². The van der Waals surface area contributed by atoms with Crippen LogP contribution in [0.15, 0.2) is 103 Å². The molecule has 0 saturated carbocycles.